The smallest absolute Gasteiger partial charge is 0.120 e. The minimum absolute atomic E-state index is 0.329. The van der Waals surface area contributed by atoms with Crippen LogP contribution >= 0.6 is 0 Å². The van der Waals surface area contributed by atoms with Crippen molar-refractivity contribution in [2.45, 2.75) is 30.9 Å². The lowest BCUT2D eigenvalue weighted by Crippen LogP contribution is -2.17. The molecule has 1 aliphatic carbocycles. The van der Waals surface area contributed by atoms with Crippen LogP contribution in [-0.2, 0) is 11.0 Å². The molecule has 0 radical (unpaired) electrons. The summed E-state index contributed by atoms with van der Waals surface area (Å²) in [4.78, 5) is 0. The van der Waals surface area contributed by atoms with Gasteiger partial charge < -0.3 is 4.72 Å². The Morgan fingerprint density at radius 3 is 2.92 bits per heavy atom. The molecule has 1 aromatic heterocycles. The standard InChI is InChI=1S/C8H13N3OS/c12-13(8-3-1-2-4-8)11-7-5-9-10-6-7/h5-6,8,11H,1-4H2,(H,9,10). The van der Waals surface area contributed by atoms with Crippen molar-refractivity contribution in [2.24, 2.45) is 0 Å². The van der Waals surface area contributed by atoms with Gasteiger partial charge in [0.2, 0.25) is 0 Å². The maximum Gasteiger partial charge on any atom is 0.120 e. The first-order valence-electron chi connectivity index (χ1n) is 4.52. The number of nitrogens with zero attached hydrogens (tertiary/aromatic N) is 1. The largest absolute Gasteiger partial charge is 0.302 e. The number of rotatable bonds is 3. The Labute approximate surface area is 79.7 Å². The fourth-order valence-electron chi connectivity index (χ4n) is 1.61. The van der Waals surface area contributed by atoms with Crippen LogP contribution in [0.15, 0.2) is 12.4 Å². The Balaban J connectivity index is 1.91. The number of anilines is 1. The number of nitrogens with one attached hydrogen (secondary N) is 2. The van der Waals surface area contributed by atoms with Gasteiger partial charge in [0, 0.05) is 6.20 Å². The van der Waals surface area contributed by atoms with Gasteiger partial charge in [-0.3, -0.25) is 5.10 Å². The molecule has 1 atom stereocenters. The second-order valence-electron chi connectivity index (χ2n) is 3.29. The summed E-state index contributed by atoms with van der Waals surface area (Å²) in [7, 11) is -0.935. The summed E-state index contributed by atoms with van der Waals surface area (Å²) < 4.78 is 14.6. The molecular weight excluding hydrogens is 186 g/mol. The SMILES string of the molecule is O=S(Nc1cn[nH]c1)C1CCCC1. The van der Waals surface area contributed by atoms with Crippen LogP contribution in [0.4, 0.5) is 5.69 Å². The van der Waals surface area contributed by atoms with E-state index in [1.165, 1.54) is 12.8 Å². The number of hydrogen-bond donors (Lipinski definition) is 2. The molecule has 0 aromatic carbocycles. The Morgan fingerprint density at radius 2 is 2.31 bits per heavy atom. The summed E-state index contributed by atoms with van der Waals surface area (Å²) in [5.41, 5.74) is 0.810. The molecule has 0 saturated heterocycles. The molecular formula is C8H13N3OS. The molecule has 1 saturated carbocycles. The first-order valence-corrected chi connectivity index (χ1v) is 5.73. The summed E-state index contributed by atoms with van der Waals surface area (Å²) in [6, 6.07) is 0. The molecule has 2 rings (SSSR count). The van der Waals surface area contributed by atoms with E-state index in [4.69, 9.17) is 0 Å². The van der Waals surface area contributed by atoms with Crippen LogP contribution in [-0.4, -0.2) is 19.7 Å². The number of aromatic nitrogens is 2. The van der Waals surface area contributed by atoms with Crippen LogP contribution in [0.3, 0.4) is 0 Å². The van der Waals surface area contributed by atoms with Crippen LogP contribution < -0.4 is 4.72 Å². The van der Waals surface area contributed by atoms with Crippen LogP contribution in [0.25, 0.3) is 0 Å². The highest BCUT2D eigenvalue weighted by Crippen LogP contribution is 2.23. The lowest BCUT2D eigenvalue weighted by molar-refractivity contribution is 0.673. The topological polar surface area (TPSA) is 57.8 Å². The molecule has 2 N–H and O–H groups in total. The second-order valence-corrected chi connectivity index (χ2v) is 4.76. The summed E-state index contributed by atoms with van der Waals surface area (Å²) in [5, 5.41) is 6.79. The highest BCUT2D eigenvalue weighted by molar-refractivity contribution is 7.87. The fraction of sp³-hybridized carbons (Fsp3) is 0.625. The van der Waals surface area contributed by atoms with E-state index in [0.29, 0.717) is 5.25 Å². The van der Waals surface area contributed by atoms with Crippen molar-refractivity contribution in [1.82, 2.24) is 10.2 Å². The highest BCUT2D eigenvalue weighted by Gasteiger charge is 2.21. The second kappa shape index (κ2) is 3.91. The van der Waals surface area contributed by atoms with E-state index in [0.717, 1.165) is 18.5 Å². The van der Waals surface area contributed by atoms with Crippen molar-refractivity contribution in [3.8, 4) is 0 Å². The predicted molar refractivity (Wildman–Crippen MR) is 52.6 cm³/mol. The van der Waals surface area contributed by atoms with Gasteiger partial charge in [-0.05, 0) is 12.8 Å². The van der Waals surface area contributed by atoms with Gasteiger partial charge in [0.1, 0.15) is 11.0 Å². The van der Waals surface area contributed by atoms with Crippen LogP contribution in [0.2, 0.25) is 0 Å². The summed E-state index contributed by atoms with van der Waals surface area (Å²) in [5.74, 6) is 0. The lowest BCUT2D eigenvalue weighted by Gasteiger charge is -2.08. The molecule has 5 heteroatoms. The maximum atomic E-state index is 11.7. The molecule has 13 heavy (non-hydrogen) atoms. The van der Waals surface area contributed by atoms with Gasteiger partial charge in [-0.2, -0.15) is 5.10 Å². The van der Waals surface area contributed by atoms with E-state index < -0.39 is 11.0 Å². The van der Waals surface area contributed by atoms with Gasteiger partial charge in [0.05, 0.1) is 17.1 Å². The number of H-pyrrole nitrogens is 1. The molecule has 1 heterocycles. The van der Waals surface area contributed by atoms with E-state index in [1.54, 1.807) is 12.4 Å². The van der Waals surface area contributed by atoms with Crippen LogP contribution in [0, 0.1) is 0 Å². The third-order valence-corrected chi connectivity index (χ3v) is 3.84. The van der Waals surface area contributed by atoms with Crippen LogP contribution in [0.5, 0.6) is 0 Å². The van der Waals surface area contributed by atoms with E-state index in [2.05, 4.69) is 14.9 Å². The number of hydrogen-bond acceptors (Lipinski definition) is 2. The van der Waals surface area contributed by atoms with Gasteiger partial charge in [0.25, 0.3) is 0 Å². The van der Waals surface area contributed by atoms with E-state index in [-0.39, 0.29) is 0 Å². The first kappa shape index (κ1) is 8.74. The molecule has 0 spiro atoms. The van der Waals surface area contributed by atoms with Crippen molar-refractivity contribution in [3.63, 3.8) is 0 Å². The minimum Gasteiger partial charge on any atom is -0.302 e. The molecule has 1 unspecified atom stereocenters. The molecule has 4 nitrogen and oxygen atoms in total. The average molecular weight is 199 g/mol. The zero-order chi connectivity index (χ0) is 9.10. The Kier molecular flexibility index (Phi) is 2.63. The van der Waals surface area contributed by atoms with Crippen molar-refractivity contribution in [2.75, 3.05) is 4.72 Å². The Morgan fingerprint density at radius 1 is 1.54 bits per heavy atom. The third-order valence-electron chi connectivity index (χ3n) is 2.32. The van der Waals surface area contributed by atoms with E-state index in [1.807, 2.05) is 0 Å². The van der Waals surface area contributed by atoms with Crippen LogP contribution in [0.1, 0.15) is 25.7 Å². The zero-order valence-electron chi connectivity index (χ0n) is 7.32. The highest BCUT2D eigenvalue weighted by atomic mass is 32.2. The van der Waals surface area contributed by atoms with Gasteiger partial charge in [-0.25, -0.2) is 4.21 Å². The molecule has 1 fully saturated rings. The van der Waals surface area contributed by atoms with Crippen molar-refractivity contribution in [1.29, 1.82) is 0 Å². The van der Waals surface area contributed by atoms with Crippen molar-refractivity contribution >= 4 is 16.7 Å². The predicted octanol–water partition coefficient (Wildman–Crippen LogP) is 1.43. The molecule has 0 bridgehead atoms. The fourth-order valence-corrected chi connectivity index (χ4v) is 2.88. The van der Waals surface area contributed by atoms with Crippen molar-refractivity contribution in [3.05, 3.63) is 12.4 Å². The Hall–Kier alpha value is -0.840. The molecule has 1 aromatic rings. The van der Waals surface area contributed by atoms with Gasteiger partial charge in [-0.15, -0.1) is 0 Å². The van der Waals surface area contributed by atoms with E-state index >= 15 is 0 Å². The van der Waals surface area contributed by atoms with Gasteiger partial charge >= 0.3 is 0 Å². The molecule has 1 aliphatic rings. The number of aromatic amines is 1. The summed E-state index contributed by atoms with van der Waals surface area (Å²) in [6.07, 6.45) is 7.95. The summed E-state index contributed by atoms with van der Waals surface area (Å²) >= 11 is 0. The summed E-state index contributed by atoms with van der Waals surface area (Å²) in [6.45, 7) is 0. The average Bonchev–Trinajstić information content (AvgIpc) is 2.74. The maximum absolute atomic E-state index is 11.7. The normalized spacial score (nSPS) is 20.3. The van der Waals surface area contributed by atoms with Gasteiger partial charge in [0.15, 0.2) is 0 Å². The molecule has 72 valence electrons. The lowest BCUT2D eigenvalue weighted by atomic mass is 10.4. The monoisotopic (exact) mass is 199 g/mol. The zero-order valence-corrected chi connectivity index (χ0v) is 8.14. The first-order chi connectivity index (χ1) is 6.36. The quantitative estimate of drug-likeness (QED) is 0.773. The minimum atomic E-state index is -0.935. The van der Waals surface area contributed by atoms with E-state index in [9.17, 15) is 4.21 Å². The van der Waals surface area contributed by atoms with Crippen molar-refractivity contribution < 1.29 is 4.21 Å². The Bertz CT molecular complexity index is 280. The molecule has 0 aliphatic heterocycles. The van der Waals surface area contributed by atoms with Gasteiger partial charge in [-0.1, -0.05) is 12.8 Å². The third kappa shape index (κ3) is 2.09. The molecule has 0 amide bonds.